The summed E-state index contributed by atoms with van der Waals surface area (Å²) in [6, 6.07) is 1.99. The van der Waals surface area contributed by atoms with Crippen molar-refractivity contribution in [3.05, 3.63) is 43.2 Å². The quantitative estimate of drug-likeness (QED) is 0.560. The topological polar surface area (TPSA) is 101 Å². The number of carbonyl (C=O) groups excluding carboxylic acids is 1. The Morgan fingerprint density at radius 1 is 1.21 bits per heavy atom. The molecule has 154 valence electrons. The highest BCUT2D eigenvalue weighted by Crippen LogP contribution is 2.20. The molecule has 2 rings (SSSR count). The number of hydrogen-bond donors (Lipinski definition) is 2. The molecule has 3 N–H and O–H groups in total. The number of rotatable bonds is 11. The second kappa shape index (κ2) is 10.8. The van der Waals surface area contributed by atoms with Crippen LogP contribution in [0.4, 0.5) is 11.5 Å². The SMILES string of the molecule is CCCCCN(C(=O)CCc1ccsc1)c1c(N)n(CCCC)c(=O)[nH]c1=O. The van der Waals surface area contributed by atoms with Crippen molar-refractivity contribution in [1.29, 1.82) is 0 Å². The van der Waals surface area contributed by atoms with E-state index in [1.54, 1.807) is 11.3 Å². The smallest absolute Gasteiger partial charge is 0.330 e. The van der Waals surface area contributed by atoms with E-state index in [9.17, 15) is 14.4 Å². The Labute approximate surface area is 169 Å². The molecule has 0 saturated carbocycles. The van der Waals surface area contributed by atoms with Crippen molar-refractivity contribution in [3.8, 4) is 0 Å². The summed E-state index contributed by atoms with van der Waals surface area (Å²) >= 11 is 1.59. The number of nitrogens with zero attached hydrogens (tertiary/aromatic N) is 2. The Morgan fingerprint density at radius 2 is 1.96 bits per heavy atom. The molecule has 0 unspecified atom stereocenters. The van der Waals surface area contributed by atoms with Gasteiger partial charge in [0.2, 0.25) is 5.91 Å². The van der Waals surface area contributed by atoms with Gasteiger partial charge in [-0.25, -0.2) is 4.79 Å². The van der Waals surface area contributed by atoms with Crippen LogP contribution in [0.15, 0.2) is 26.4 Å². The van der Waals surface area contributed by atoms with Gasteiger partial charge in [0.05, 0.1) is 0 Å². The van der Waals surface area contributed by atoms with E-state index >= 15 is 0 Å². The molecular weight excluding hydrogens is 376 g/mol. The molecule has 0 aliphatic heterocycles. The monoisotopic (exact) mass is 406 g/mol. The van der Waals surface area contributed by atoms with Gasteiger partial charge < -0.3 is 10.6 Å². The minimum absolute atomic E-state index is 0.0718. The zero-order valence-electron chi connectivity index (χ0n) is 16.7. The maximum Gasteiger partial charge on any atom is 0.330 e. The standard InChI is InChI=1S/C20H30N4O3S/c1-3-5-7-12-23(16(25)9-8-15-10-13-28-14-15)17-18(21)24(11-6-4-2)20(27)22-19(17)26/h10,13-14H,3-9,11-12,21H2,1-2H3,(H,22,26,27). The Bertz CT molecular complexity index is 871. The molecule has 0 aliphatic rings. The lowest BCUT2D eigenvalue weighted by atomic mass is 10.1. The molecule has 0 bridgehead atoms. The van der Waals surface area contributed by atoms with E-state index in [-0.39, 0.29) is 23.8 Å². The average molecular weight is 407 g/mol. The molecule has 2 aromatic rings. The van der Waals surface area contributed by atoms with Crippen molar-refractivity contribution in [2.24, 2.45) is 0 Å². The van der Waals surface area contributed by atoms with Gasteiger partial charge in [0, 0.05) is 19.5 Å². The summed E-state index contributed by atoms with van der Waals surface area (Å²) in [5, 5.41) is 3.99. The molecular formula is C20H30N4O3S. The molecule has 0 spiro atoms. The molecule has 0 aliphatic carbocycles. The zero-order valence-corrected chi connectivity index (χ0v) is 17.5. The largest absolute Gasteiger partial charge is 0.383 e. The molecule has 0 radical (unpaired) electrons. The number of nitrogens with one attached hydrogen (secondary N) is 1. The summed E-state index contributed by atoms with van der Waals surface area (Å²) in [5.74, 6) is -0.0808. The molecule has 0 atom stereocenters. The number of aryl methyl sites for hydroxylation is 1. The summed E-state index contributed by atoms with van der Waals surface area (Å²) in [4.78, 5) is 41.5. The maximum absolute atomic E-state index is 13.0. The highest BCUT2D eigenvalue weighted by molar-refractivity contribution is 7.07. The average Bonchev–Trinajstić information content (AvgIpc) is 3.18. The third-order valence-corrected chi connectivity index (χ3v) is 5.45. The lowest BCUT2D eigenvalue weighted by molar-refractivity contribution is -0.118. The number of unbranched alkanes of at least 4 members (excludes halogenated alkanes) is 3. The van der Waals surface area contributed by atoms with Crippen LogP contribution in [0.1, 0.15) is 57.9 Å². The van der Waals surface area contributed by atoms with Crippen LogP contribution in [-0.4, -0.2) is 22.0 Å². The first kappa shape index (κ1) is 21.9. The summed E-state index contributed by atoms with van der Waals surface area (Å²) in [7, 11) is 0. The van der Waals surface area contributed by atoms with Crippen molar-refractivity contribution >= 4 is 28.7 Å². The predicted octanol–water partition coefficient (Wildman–Crippen LogP) is 3.14. The molecule has 0 fully saturated rings. The lowest BCUT2D eigenvalue weighted by Gasteiger charge is -2.24. The number of H-pyrrole nitrogens is 1. The lowest BCUT2D eigenvalue weighted by Crippen LogP contribution is -2.41. The van der Waals surface area contributed by atoms with E-state index in [1.807, 2.05) is 23.8 Å². The van der Waals surface area contributed by atoms with E-state index in [2.05, 4.69) is 11.9 Å². The van der Waals surface area contributed by atoms with Crippen LogP contribution in [-0.2, 0) is 17.8 Å². The van der Waals surface area contributed by atoms with Crippen LogP contribution in [0.5, 0.6) is 0 Å². The first-order chi connectivity index (χ1) is 13.5. The maximum atomic E-state index is 13.0. The Kier molecular flexibility index (Phi) is 8.50. The van der Waals surface area contributed by atoms with Crippen molar-refractivity contribution in [1.82, 2.24) is 9.55 Å². The van der Waals surface area contributed by atoms with Gasteiger partial charge >= 0.3 is 5.69 Å². The highest BCUT2D eigenvalue weighted by atomic mass is 32.1. The number of carbonyl (C=O) groups is 1. The molecule has 2 aromatic heterocycles. The van der Waals surface area contributed by atoms with Crippen LogP contribution in [0.25, 0.3) is 0 Å². The van der Waals surface area contributed by atoms with Crippen molar-refractivity contribution in [2.75, 3.05) is 17.2 Å². The fraction of sp³-hybridized carbons (Fsp3) is 0.550. The minimum atomic E-state index is -0.601. The molecule has 1 amide bonds. The van der Waals surface area contributed by atoms with Gasteiger partial charge in [-0.15, -0.1) is 0 Å². The number of thiophene rings is 1. The number of aromatic nitrogens is 2. The Balaban J connectivity index is 2.34. The van der Waals surface area contributed by atoms with Gasteiger partial charge in [-0.3, -0.25) is 19.1 Å². The van der Waals surface area contributed by atoms with Crippen molar-refractivity contribution in [2.45, 2.75) is 65.3 Å². The predicted molar refractivity (Wildman–Crippen MR) is 115 cm³/mol. The van der Waals surface area contributed by atoms with Gasteiger partial charge in [0.1, 0.15) is 5.82 Å². The molecule has 7 nitrogen and oxygen atoms in total. The van der Waals surface area contributed by atoms with Crippen LogP contribution in [0.3, 0.4) is 0 Å². The van der Waals surface area contributed by atoms with Gasteiger partial charge in [0.25, 0.3) is 5.56 Å². The Hall–Kier alpha value is -2.35. The Morgan fingerprint density at radius 3 is 2.61 bits per heavy atom. The van der Waals surface area contributed by atoms with Gasteiger partial charge in [-0.1, -0.05) is 33.1 Å². The highest BCUT2D eigenvalue weighted by Gasteiger charge is 2.23. The van der Waals surface area contributed by atoms with Crippen LogP contribution in [0, 0.1) is 0 Å². The number of anilines is 2. The first-order valence-corrected chi connectivity index (χ1v) is 10.9. The van der Waals surface area contributed by atoms with Gasteiger partial charge in [-0.05, 0) is 41.7 Å². The van der Waals surface area contributed by atoms with Crippen molar-refractivity contribution < 1.29 is 4.79 Å². The second-order valence-corrected chi connectivity index (χ2v) is 7.66. The van der Waals surface area contributed by atoms with E-state index < -0.39 is 11.2 Å². The number of amides is 1. The van der Waals surface area contributed by atoms with Crippen molar-refractivity contribution in [3.63, 3.8) is 0 Å². The number of nitrogen functional groups attached to an aromatic ring is 1. The molecule has 28 heavy (non-hydrogen) atoms. The number of aromatic amines is 1. The van der Waals surface area contributed by atoms with E-state index in [1.165, 1.54) is 9.47 Å². The fourth-order valence-electron chi connectivity index (χ4n) is 3.08. The number of hydrogen-bond acceptors (Lipinski definition) is 5. The summed E-state index contributed by atoms with van der Waals surface area (Å²) in [6.45, 7) is 4.92. The van der Waals surface area contributed by atoms with Gasteiger partial charge in [-0.2, -0.15) is 11.3 Å². The number of nitrogens with two attached hydrogens (primary N) is 1. The zero-order chi connectivity index (χ0) is 20.5. The minimum Gasteiger partial charge on any atom is -0.383 e. The van der Waals surface area contributed by atoms with Crippen LogP contribution in [0.2, 0.25) is 0 Å². The van der Waals surface area contributed by atoms with Crippen LogP contribution >= 0.6 is 11.3 Å². The fourth-order valence-corrected chi connectivity index (χ4v) is 3.78. The first-order valence-electron chi connectivity index (χ1n) is 9.93. The van der Waals surface area contributed by atoms with Gasteiger partial charge in [0.15, 0.2) is 5.69 Å². The van der Waals surface area contributed by atoms with E-state index in [0.29, 0.717) is 19.5 Å². The molecule has 8 heteroatoms. The second-order valence-electron chi connectivity index (χ2n) is 6.88. The van der Waals surface area contributed by atoms with E-state index in [0.717, 1.165) is 37.7 Å². The molecule has 0 saturated heterocycles. The summed E-state index contributed by atoms with van der Waals surface area (Å²) in [5.41, 5.74) is 6.28. The van der Waals surface area contributed by atoms with E-state index in [4.69, 9.17) is 5.73 Å². The molecule has 0 aromatic carbocycles. The molecule has 2 heterocycles. The third-order valence-electron chi connectivity index (χ3n) is 4.71. The summed E-state index contributed by atoms with van der Waals surface area (Å²) in [6.07, 6.45) is 5.27. The third kappa shape index (κ3) is 5.58. The van der Waals surface area contributed by atoms with Crippen LogP contribution < -0.4 is 21.9 Å². The summed E-state index contributed by atoms with van der Waals surface area (Å²) < 4.78 is 1.36. The normalized spacial score (nSPS) is 10.9.